The number of nitrogens with one attached hydrogen (secondary N) is 1. The summed E-state index contributed by atoms with van der Waals surface area (Å²) in [4.78, 5) is 16.7. The van der Waals surface area contributed by atoms with Crippen molar-refractivity contribution in [1.82, 2.24) is 14.9 Å². The van der Waals surface area contributed by atoms with Crippen molar-refractivity contribution < 1.29 is 14.3 Å². The molecule has 1 heterocycles. The van der Waals surface area contributed by atoms with Gasteiger partial charge in [0.2, 0.25) is 0 Å². The first kappa shape index (κ1) is 20.1. The number of carbonyl (C=O) groups excluding carboxylic acids is 1. The zero-order chi connectivity index (χ0) is 19.1. The molecule has 0 aliphatic rings. The quantitative estimate of drug-likeness (QED) is 0.721. The molecule has 0 fully saturated rings. The van der Waals surface area contributed by atoms with Gasteiger partial charge in [0.05, 0.1) is 18.7 Å². The highest BCUT2D eigenvalue weighted by Gasteiger charge is 2.16. The molecule has 7 heteroatoms. The third-order valence-corrected chi connectivity index (χ3v) is 4.27. The monoisotopic (exact) mass is 379 g/mol. The van der Waals surface area contributed by atoms with E-state index in [1.807, 2.05) is 20.0 Å². The number of methoxy groups -OCH3 is 1. The van der Waals surface area contributed by atoms with Gasteiger partial charge in [-0.2, -0.15) is 0 Å². The highest BCUT2D eigenvalue weighted by atomic mass is 35.5. The van der Waals surface area contributed by atoms with Crippen molar-refractivity contribution in [1.29, 1.82) is 0 Å². The van der Waals surface area contributed by atoms with E-state index in [-0.39, 0.29) is 11.8 Å². The van der Waals surface area contributed by atoms with Gasteiger partial charge in [-0.15, -0.1) is 0 Å². The van der Waals surface area contributed by atoms with E-state index in [9.17, 15) is 4.79 Å². The van der Waals surface area contributed by atoms with Crippen LogP contribution in [0.2, 0.25) is 5.02 Å². The van der Waals surface area contributed by atoms with Gasteiger partial charge in [-0.25, -0.2) is 4.98 Å². The zero-order valence-corrected chi connectivity index (χ0v) is 16.5. The third-order valence-electron chi connectivity index (χ3n) is 3.99. The van der Waals surface area contributed by atoms with E-state index in [0.29, 0.717) is 35.2 Å². The first-order valence-electron chi connectivity index (χ1n) is 8.72. The van der Waals surface area contributed by atoms with Crippen LogP contribution in [0.4, 0.5) is 0 Å². The minimum atomic E-state index is -0.193. The van der Waals surface area contributed by atoms with Gasteiger partial charge in [-0.3, -0.25) is 4.79 Å². The molecule has 26 heavy (non-hydrogen) atoms. The summed E-state index contributed by atoms with van der Waals surface area (Å²) in [5.74, 6) is 1.95. The molecule has 1 atom stereocenters. The third kappa shape index (κ3) is 5.14. The number of halogens is 1. The van der Waals surface area contributed by atoms with Crippen LogP contribution in [0.25, 0.3) is 0 Å². The van der Waals surface area contributed by atoms with Crippen molar-refractivity contribution in [2.24, 2.45) is 5.92 Å². The SMILES string of the molecule is CCCOc1c(Cl)cc(C(=O)NCC(C)Cn2ccnc2C)cc1OC. The first-order valence-corrected chi connectivity index (χ1v) is 9.10. The van der Waals surface area contributed by atoms with E-state index in [2.05, 4.69) is 21.8 Å². The average molecular weight is 380 g/mol. The Bertz CT molecular complexity index is 746. The van der Waals surface area contributed by atoms with E-state index in [1.165, 1.54) is 7.11 Å². The van der Waals surface area contributed by atoms with Crippen LogP contribution < -0.4 is 14.8 Å². The fraction of sp³-hybridized carbons (Fsp3) is 0.474. The number of rotatable bonds is 9. The maximum Gasteiger partial charge on any atom is 0.251 e. The largest absolute Gasteiger partial charge is 0.493 e. The van der Waals surface area contributed by atoms with Crippen LogP contribution in [0, 0.1) is 12.8 Å². The predicted molar refractivity (Wildman–Crippen MR) is 102 cm³/mol. The maximum absolute atomic E-state index is 12.5. The molecule has 0 aliphatic heterocycles. The highest BCUT2D eigenvalue weighted by Crippen LogP contribution is 2.36. The van der Waals surface area contributed by atoms with Crippen molar-refractivity contribution in [3.63, 3.8) is 0 Å². The van der Waals surface area contributed by atoms with Gasteiger partial charge in [0.1, 0.15) is 5.82 Å². The molecule has 0 spiro atoms. The average Bonchev–Trinajstić information content (AvgIpc) is 3.02. The van der Waals surface area contributed by atoms with E-state index >= 15 is 0 Å². The Hall–Kier alpha value is -2.21. The van der Waals surface area contributed by atoms with Gasteiger partial charge < -0.3 is 19.4 Å². The lowest BCUT2D eigenvalue weighted by atomic mass is 10.1. The predicted octanol–water partition coefficient (Wildman–Crippen LogP) is 3.71. The molecular weight excluding hydrogens is 354 g/mol. The molecule has 0 saturated heterocycles. The Kier molecular flexibility index (Phi) is 7.33. The van der Waals surface area contributed by atoms with Crippen molar-refractivity contribution in [2.45, 2.75) is 33.7 Å². The molecule has 2 rings (SSSR count). The van der Waals surface area contributed by atoms with Crippen LogP contribution in [0.3, 0.4) is 0 Å². The summed E-state index contributed by atoms with van der Waals surface area (Å²) in [5, 5.41) is 3.31. The summed E-state index contributed by atoms with van der Waals surface area (Å²) >= 11 is 6.27. The lowest BCUT2D eigenvalue weighted by molar-refractivity contribution is 0.0946. The maximum atomic E-state index is 12.5. The summed E-state index contributed by atoms with van der Waals surface area (Å²) in [7, 11) is 1.53. The van der Waals surface area contributed by atoms with Crippen LogP contribution >= 0.6 is 11.6 Å². The van der Waals surface area contributed by atoms with Crippen LogP contribution in [0.1, 0.15) is 36.5 Å². The molecule has 1 amide bonds. The number of nitrogens with zero attached hydrogens (tertiary/aromatic N) is 2. The lowest BCUT2D eigenvalue weighted by Crippen LogP contribution is -2.30. The van der Waals surface area contributed by atoms with Gasteiger partial charge in [0.25, 0.3) is 5.91 Å². The summed E-state index contributed by atoms with van der Waals surface area (Å²) in [6.45, 7) is 7.92. The summed E-state index contributed by atoms with van der Waals surface area (Å²) in [5.41, 5.74) is 0.446. The smallest absolute Gasteiger partial charge is 0.251 e. The summed E-state index contributed by atoms with van der Waals surface area (Å²) in [6.07, 6.45) is 4.57. The second-order valence-corrected chi connectivity index (χ2v) is 6.69. The lowest BCUT2D eigenvalue weighted by Gasteiger charge is -2.16. The number of aryl methyl sites for hydroxylation is 1. The molecule has 0 bridgehead atoms. The first-order chi connectivity index (χ1) is 12.5. The second kappa shape index (κ2) is 9.48. The van der Waals surface area contributed by atoms with Gasteiger partial charge in [0.15, 0.2) is 11.5 Å². The Balaban J connectivity index is 2.00. The molecule has 0 aliphatic carbocycles. The zero-order valence-electron chi connectivity index (χ0n) is 15.7. The van der Waals surface area contributed by atoms with Gasteiger partial charge >= 0.3 is 0 Å². The number of ether oxygens (including phenoxy) is 2. The van der Waals surface area contributed by atoms with Crippen molar-refractivity contribution in [2.75, 3.05) is 20.3 Å². The topological polar surface area (TPSA) is 65.4 Å². The standard InChI is InChI=1S/C19H26ClN3O3/c1-5-8-26-18-16(20)9-15(10-17(18)25-4)19(24)22-11-13(2)12-23-7-6-21-14(23)3/h6-7,9-10,13H,5,8,11-12H2,1-4H3,(H,22,24). The second-order valence-electron chi connectivity index (χ2n) is 6.28. The van der Waals surface area contributed by atoms with E-state index in [1.54, 1.807) is 18.3 Å². The molecule has 0 radical (unpaired) electrons. The Labute approximate surface area is 159 Å². The number of carbonyl (C=O) groups is 1. The molecule has 1 N–H and O–H groups in total. The number of aromatic nitrogens is 2. The van der Waals surface area contributed by atoms with Crippen LogP contribution in [0.5, 0.6) is 11.5 Å². The molecule has 1 aromatic carbocycles. The fourth-order valence-electron chi connectivity index (χ4n) is 2.56. The van der Waals surface area contributed by atoms with E-state index in [0.717, 1.165) is 18.8 Å². The summed E-state index contributed by atoms with van der Waals surface area (Å²) < 4.78 is 13.0. The molecule has 142 valence electrons. The minimum absolute atomic E-state index is 0.193. The molecule has 1 unspecified atom stereocenters. The van der Waals surface area contributed by atoms with Crippen molar-refractivity contribution in [3.8, 4) is 11.5 Å². The minimum Gasteiger partial charge on any atom is -0.493 e. The van der Waals surface area contributed by atoms with Crippen LogP contribution in [0.15, 0.2) is 24.5 Å². The number of imidazole rings is 1. The number of benzene rings is 1. The van der Waals surface area contributed by atoms with Crippen molar-refractivity contribution in [3.05, 3.63) is 40.9 Å². The summed E-state index contributed by atoms with van der Waals surface area (Å²) in [6, 6.07) is 3.26. The van der Waals surface area contributed by atoms with E-state index in [4.69, 9.17) is 21.1 Å². The fourth-order valence-corrected chi connectivity index (χ4v) is 2.83. The number of hydrogen-bond acceptors (Lipinski definition) is 4. The van der Waals surface area contributed by atoms with Gasteiger partial charge in [-0.05, 0) is 31.4 Å². The molecular formula is C19H26ClN3O3. The molecule has 2 aromatic rings. The Morgan fingerprint density at radius 3 is 2.81 bits per heavy atom. The van der Waals surface area contributed by atoms with Crippen LogP contribution in [-0.4, -0.2) is 35.7 Å². The number of amides is 1. The normalized spacial score (nSPS) is 11.9. The van der Waals surface area contributed by atoms with E-state index < -0.39 is 0 Å². The Morgan fingerprint density at radius 1 is 1.42 bits per heavy atom. The Morgan fingerprint density at radius 2 is 2.19 bits per heavy atom. The highest BCUT2D eigenvalue weighted by molar-refractivity contribution is 6.32. The number of hydrogen-bond donors (Lipinski definition) is 1. The van der Waals surface area contributed by atoms with Gasteiger partial charge in [0, 0.05) is 31.0 Å². The molecule has 1 aromatic heterocycles. The van der Waals surface area contributed by atoms with Gasteiger partial charge in [-0.1, -0.05) is 25.4 Å². The molecule has 0 saturated carbocycles. The van der Waals surface area contributed by atoms with Crippen LogP contribution in [-0.2, 0) is 6.54 Å². The molecule has 6 nitrogen and oxygen atoms in total. The van der Waals surface area contributed by atoms with Crippen molar-refractivity contribution >= 4 is 17.5 Å².